The fourth-order valence-electron chi connectivity index (χ4n) is 3.43. The lowest BCUT2D eigenvalue weighted by atomic mass is 10.2. The molecule has 27 heavy (non-hydrogen) atoms. The minimum atomic E-state index is -0.306. The Morgan fingerprint density at radius 2 is 1.85 bits per heavy atom. The first-order valence-electron chi connectivity index (χ1n) is 9.56. The highest BCUT2D eigenvalue weighted by Gasteiger charge is 2.10. The average molecular weight is 388 g/mol. The molecule has 0 atom stereocenters. The lowest BCUT2D eigenvalue weighted by Gasteiger charge is -2.17. The Labute approximate surface area is 165 Å². The van der Waals surface area contributed by atoms with Crippen LogP contribution in [0.3, 0.4) is 0 Å². The molecule has 2 aromatic carbocycles. The molecule has 3 nitrogen and oxygen atoms in total. The predicted molar refractivity (Wildman–Crippen MR) is 112 cm³/mol. The normalized spacial score (nSPS) is 11.6. The highest BCUT2D eigenvalue weighted by Crippen LogP contribution is 2.25. The van der Waals surface area contributed by atoms with Gasteiger partial charge in [0.05, 0.1) is 0 Å². The van der Waals surface area contributed by atoms with Crippen LogP contribution in [-0.4, -0.2) is 35.6 Å². The third-order valence-electron chi connectivity index (χ3n) is 5.04. The van der Waals surface area contributed by atoms with Crippen molar-refractivity contribution in [1.29, 1.82) is 0 Å². The predicted octanol–water partition coefficient (Wildman–Crippen LogP) is 4.91. The Bertz CT molecular complexity index is 886. The molecule has 0 amide bonds. The van der Waals surface area contributed by atoms with Crippen LogP contribution in [-0.2, 0) is 13.1 Å². The summed E-state index contributed by atoms with van der Waals surface area (Å²) in [6, 6.07) is 13.0. The molecule has 1 heterocycles. The van der Waals surface area contributed by atoms with Gasteiger partial charge in [0, 0.05) is 48.3 Å². The first kappa shape index (κ1) is 19.9. The Morgan fingerprint density at radius 3 is 2.59 bits per heavy atom. The molecule has 0 saturated heterocycles. The molecule has 5 heteroatoms. The molecule has 0 saturated carbocycles. The molecule has 0 aliphatic carbocycles. The number of benzene rings is 2. The minimum absolute atomic E-state index is 0.306. The summed E-state index contributed by atoms with van der Waals surface area (Å²) < 4.78 is 15.5. The van der Waals surface area contributed by atoms with E-state index < -0.39 is 0 Å². The Morgan fingerprint density at radius 1 is 1.07 bits per heavy atom. The molecule has 0 aliphatic heterocycles. The van der Waals surface area contributed by atoms with Gasteiger partial charge in [-0.25, -0.2) is 4.39 Å². The summed E-state index contributed by atoms with van der Waals surface area (Å²) in [6.45, 7) is 10.0. The topological polar surface area (TPSA) is 20.2 Å². The van der Waals surface area contributed by atoms with E-state index in [4.69, 9.17) is 11.6 Å². The van der Waals surface area contributed by atoms with Gasteiger partial charge in [0.1, 0.15) is 5.82 Å². The van der Waals surface area contributed by atoms with E-state index in [1.165, 1.54) is 28.6 Å². The van der Waals surface area contributed by atoms with Gasteiger partial charge in [-0.3, -0.25) is 0 Å². The number of likely N-dealkylation sites (N-methyl/N-ethyl adjacent to an activating group) is 1. The van der Waals surface area contributed by atoms with Crippen molar-refractivity contribution in [1.82, 2.24) is 14.8 Å². The van der Waals surface area contributed by atoms with Crippen LogP contribution in [0.1, 0.15) is 25.0 Å². The summed E-state index contributed by atoms with van der Waals surface area (Å²) in [6.07, 6.45) is 2.18. The van der Waals surface area contributed by atoms with Gasteiger partial charge in [0.25, 0.3) is 0 Å². The highest BCUT2D eigenvalue weighted by molar-refractivity contribution is 6.31. The molecule has 0 bridgehead atoms. The van der Waals surface area contributed by atoms with Gasteiger partial charge in [-0.2, -0.15) is 0 Å². The van der Waals surface area contributed by atoms with Crippen molar-refractivity contribution in [2.24, 2.45) is 0 Å². The SMILES string of the molecule is CCN(CC)CCNCc1cn(Cc2ccc(F)cc2Cl)c2ccccc12. The van der Waals surface area contributed by atoms with E-state index in [0.717, 1.165) is 38.3 Å². The third kappa shape index (κ3) is 4.89. The third-order valence-corrected chi connectivity index (χ3v) is 5.39. The second-order valence-corrected chi connectivity index (χ2v) is 7.15. The van der Waals surface area contributed by atoms with Crippen LogP contribution >= 0.6 is 11.6 Å². The molecule has 3 rings (SSSR count). The smallest absolute Gasteiger partial charge is 0.124 e. The van der Waals surface area contributed by atoms with Crippen molar-refractivity contribution in [2.75, 3.05) is 26.2 Å². The molecular weight excluding hydrogens is 361 g/mol. The fraction of sp³-hybridized carbons (Fsp3) is 0.364. The Balaban J connectivity index is 1.75. The van der Waals surface area contributed by atoms with E-state index in [-0.39, 0.29) is 5.82 Å². The maximum absolute atomic E-state index is 13.3. The number of nitrogens with zero attached hydrogens (tertiary/aromatic N) is 2. The molecule has 1 N–H and O–H groups in total. The second-order valence-electron chi connectivity index (χ2n) is 6.74. The van der Waals surface area contributed by atoms with Gasteiger partial charge in [0.15, 0.2) is 0 Å². The molecule has 0 aliphatic rings. The maximum atomic E-state index is 13.3. The number of halogens is 2. The van der Waals surface area contributed by atoms with E-state index in [0.29, 0.717) is 11.6 Å². The summed E-state index contributed by atoms with van der Waals surface area (Å²) in [5.41, 5.74) is 3.35. The quantitative estimate of drug-likeness (QED) is 0.526. The highest BCUT2D eigenvalue weighted by atomic mass is 35.5. The van der Waals surface area contributed by atoms with Gasteiger partial charge in [-0.1, -0.05) is 49.7 Å². The summed E-state index contributed by atoms with van der Waals surface area (Å²) in [5, 5.41) is 5.26. The molecule has 3 aromatic rings. The van der Waals surface area contributed by atoms with Crippen molar-refractivity contribution < 1.29 is 4.39 Å². The van der Waals surface area contributed by atoms with Gasteiger partial charge < -0.3 is 14.8 Å². The minimum Gasteiger partial charge on any atom is -0.343 e. The lowest BCUT2D eigenvalue weighted by Crippen LogP contribution is -2.31. The summed E-state index contributed by atoms with van der Waals surface area (Å²) >= 11 is 6.23. The van der Waals surface area contributed by atoms with Gasteiger partial charge >= 0.3 is 0 Å². The van der Waals surface area contributed by atoms with E-state index in [1.807, 2.05) is 6.07 Å². The lowest BCUT2D eigenvalue weighted by molar-refractivity contribution is 0.302. The number of fused-ring (bicyclic) bond motifs is 1. The largest absolute Gasteiger partial charge is 0.343 e. The number of hydrogen-bond acceptors (Lipinski definition) is 2. The van der Waals surface area contributed by atoms with E-state index >= 15 is 0 Å². The summed E-state index contributed by atoms with van der Waals surface area (Å²) in [7, 11) is 0. The van der Waals surface area contributed by atoms with E-state index in [9.17, 15) is 4.39 Å². The van der Waals surface area contributed by atoms with Gasteiger partial charge in [-0.05, 0) is 42.4 Å². The van der Waals surface area contributed by atoms with Crippen molar-refractivity contribution >= 4 is 22.5 Å². The Kier molecular flexibility index (Phi) is 6.89. The zero-order valence-corrected chi connectivity index (χ0v) is 16.8. The van der Waals surface area contributed by atoms with E-state index in [2.05, 4.69) is 53.0 Å². The average Bonchev–Trinajstić information content (AvgIpc) is 3.02. The van der Waals surface area contributed by atoms with Crippen LogP contribution < -0.4 is 5.32 Å². The van der Waals surface area contributed by atoms with Gasteiger partial charge in [-0.15, -0.1) is 0 Å². The molecule has 0 unspecified atom stereocenters. The van der Waals surface area contributed by atoms with Crippen molar-refractivity contribution in [3.8, 4) is 0 Å². The number of para-hydroxylation sites is 1. The zero-order chi connectivity index (χ0) is 19.2. The molecule has 144 valence electrons. The molecule has 1 aromatic heterocycles. The number of aromatic nitrogens is 1. The van der Waals surface area contributed by atoms with Crippen LogP contribution in [0.2, 0.25) is 5.02 Å². The monoisotopic (exact) mass is 387 g/mol. The van der Waals surface area contributed by atoms with Crippen LogP contribution in [0.4, 0.5) is 4.39 Å². The van der Waals surface area contributed by atoms with E-state index in [1.54, 1.807) is 6.07 Å². The number of nitrogens with one attached hydrogen (secondary N) is 1. The summed E-state index contributed by atoms with van der Waals surface area (Å²) in [5.74, 6) is -0.306. The first-order valence-corrected chi connectivity index (χ1v) is 9.94. The van der Waals surface area contributed by atoms with Crippen molar-refractivity contribution in [3.63, 3.8) is 0 Å². The molecular formula is C22H27ClFN3. The molecule has 0 radical (unpaired) electrons. The van der Waals surface area contributed by atoms with Crippen molar-refractivity contribution in [2.45, 2.75) is 26.9 Å². The molecule has 0 fully saturated rings. The van der Waals surface area contributed by atoms with Crippen LogP contribution in [0.25, 0.3) is 10.9 Å². The Hall–Kier alpha value is -1.88. The number of rotatable bonds is 9. The molecule has 0 spiro atoms. The van der Waals surface area contributed by atoms with Crippen LogP contribution in [0, 0.1) is 5.82 Å². The van der Waals surface area contributed by atoms with Crippen LogP contribution in [0.5, 0.6) is 0 Å². The maximum Gasteiger partial charge on any atom is 0.124 e. The first-order chi connectivity index (χ1) is 13.1. The second kappa shape index (κ2) is 9.36. The van der Waals surface area contributed by atoms with Crippen LogP contribution in [0.15, 0.2) is 48.7 Å². The summed E-state index contributed by atoms with van der Waals surface area (Å²) in [4.78, 5) is 2.41. The fourth-order valence-corrected chi connectivity index (χ4v) is 3.65. The zero-order valence-electron chi connectivity index (χ0n) is 16.0. The number of hydrogen-bond donors (Lipinski definition) is 1. The van der Waals surface area contributed by atoms with Gasteiger partial charge in [0.2, 0.25) is 0 Å². The standard InChI is InChI=1S/C22H27ClFN3/c1-3-26(4-2)12-11-25-14-18-16-27(22-8-6-5-7-20(18)22)15-17-9-10-19(24)13-21(17)23/h5-10,13,16,25H,3-4,11-12,14-15H2,1-2H3. The van der Waals surface area contributed by atoms with Crippen molar-refractivity contribution in [3.05, 3.63) is 70.6 Å².